The van der Waals surface area contributed by atoms with Crippen molar-refractivity contribution in [3.05, 3.63) is 50.6 Å². The number of halogens is 1. The lowest BCUT2D eigenvalue weighted by molar-refractivity contribution is 0.112. The molecule has 0 unspecified atom stereocenters. The maximum Gasteiger partial charge on any atom is 0.152 e. The fraction of sp³-hybridized carbons (Fsp3) is 0.267. The Kier molecular flexibility index (Phi) is 4.77. The second kappa shape index (κ2) is 6.35. The average Bonchev–Trinajstić information content (AvgIpc) is 2.89. The van der Waals surface area contributed by atoms with Gasteiger partial charge in [-0.3, -0.25) is 4.79 Å². The van der Waals surface area contributed by atoms with Crippen LogP contribution in [0, 0.1) is 0 Å². The van der Waals surface area contributed by atoms with E-state index in [-0.39, 0.29) is 0 Å². The van der Waals surface area contributed by atoms with Gasteiger partial charge in [0.05, 0.1) is 6.54 Å². The lowest BCUT2D eigenvalue weighted by Crippen LogP contribution is -2.30. The maximum absolute atomic E-state index is 11.3. The number of benzene rings is 1. The Labute approximate surface area is 126 Å². The minimum absolute atomic E-state index is 0.335. The molecule has 1 heterocycles. The van der Waals surface area contributed by atoms with Crippen molar-refractivity contribution in [3.8, 4) is 0 Å². The molecule has 0 radical (unpaired) electrons. The van der Waals surface area contributed by atoms with Gasteiger partial charge in [0.25, 0.3) is 0 Å². The van der Waals surface area contributed by atoms with E-state index in [9.17, 15) is 4.79 Å². The first-order valence-electron chi connectivity index (χ1n) is 6.15. The Morgan fingerprint density at radius 3 is 2.74 bits per heavy atom. The van der Waals surface area contributed by atoms with Crippen molar-refractivity contribution in [2.75, 3.05) is 4.90 Å². The van der Waals surface area contributed by atoms with Gasteiger partial charge in [0, 0.05) is 26.6 Å². The van der Waals surface area contributed by atoms with Gasteiger partial charge in [-0.15, -0.1) is 11.3 Å². The summed E-state index contributed by atoms with van der Waals surface area (Å²) in [5, 5.41) is 2.08. The summed E-state index contributed by atoms with van der Waals surface area (Å²) in [7, 11) is 0. The number of hydrogen-bond donors (Lipinski definition) is 0. The van der Waals surface area contributed by atoms with Crippen molar-refractivity contribution in [2.45, 2.75) is 26.4 Å². The number of rotatable bonds is 5. The lowest BCUT2D eigenvalue weighted by atomic mass is 10.1. The number of aldehydes is 1. The van der Waals surface area contributed by atoms with E-state index in [1.54, 1.807) is 11.3 Å². The second-order valence-electron chi connectivity index (χ2n) is 4.62. The van der Waals surface area contributed by atoms with Crippen LogP contribution in [-0.2, 0) is 6.54 Å². The number of nitrogens with zero attached hydrogens (tertiary/aromatic N) is 1. The minimum atomic E-state index is 0.335. The van der Waals surface area contributed by atoms with Crippen molar-refractivity contribution < 1.29 is 4.79 Å². The van der Waals surface area contributed by atoms with Crippen LogP contribution in [0.4, 0.5) is 5.69 Å². The quantitative estimate of drug-likeness (QED) is 0.734. The van der Waals surface area contributed by atoms with E-state index < -0.39 is 0 Å². The SMILES string of the molecule is CC(C)N(Cc1cccs1)c1ccc(Br)cc1C=O. The number of anilines is 1. The Morgan fingerprint density at radius 2 is 2.16 bits per heavy atom. The molecule has 0 spiro atoms. The van der Waals surface area contributed by atoms with E-state index in [4.69, 9.17) is 0 Å². The molecular weight excluding hydrogens is 322 g/mol. The van der Waals surface area contributed by atoms with Crippen LogP contribution < -0.4 is 4.90 Å². The first-order valence-corrected chi connectivity index (χ1v) is 7.83. The molecule has 0 aliphatic carbocycles. The molecule has 0 saturated heterocycles. The first kappa shape index (κ1) is 14.3. The molecule has 100 valence electrons. The van der Waals surface area contributed by atoms with Gasteiger partial charge in [0.15, 0.2) is 6.29 Å². The van der Waals surface area contributed by atoms with Crippen molar-refractivity contribution in [1.82, 2.24) is 0 Å². The monoisotopic (exact) mass is 337 g/mol. The third kappa shape index (κ3) is 3.45. The molecule has 2 nitrogen and oxygen atoms in total. The summed E-state index contributed by atoms with van der Waals surface area (Å²) in [5.74, 6) is 0. The Bertz CT molecular complexity index is 551. The van der Waals surface area contributed by atoms with Crippen molar-refractivity contribution >= 4 is 39.2 Å². The molecule has 19 heavy (non-hydrogen) atoms. The summed E-state index contributed by atoms with van der Waals surface area (Å²) >= 11 is 5.15. The smallest absolute Gasteiger partial charge is 0.152 e. The predicted octanol–water partition coefficient (Wildman–Crippen LogP) is 4.74. The van der Waals surface area contributed by atoms with Crippen LogP contribution in [0.25, 0.3) is 0 Å². The average molecular weight is 338 g/mol. The zero-order valence-electron chi connectivity index (χ0n) is 11.0. The zero-order valence-corrected chi connectivity index (χ0v) is 13.4. The standard InChI is InChI=1S/C15H16BrNOS/c1-11(2)17(9-14-4-3-7-19-14)15-6-5-13(16)8-12(15)10-18/h3-8,10-11H,9H2,1-2H3. The summed E-state index contributed by atoms with van der Waals surface area (Å²) in [6, 6.07) is 10.4. The van der Waals surface area contributed by atoms with E-state index in [0.29, 0.717) is 6.04 Å². The van der Waals surface area contributed by atoms with Gasteiger partial charge in [-0.1, -0.05) is 22.0 Å². The van der Waals surface area contributed by atoms with Crippen LogP contribution in [0.2, 0.25) is 0 Å². The van der Waals surface area contributed by atoms with E-state index >= 15 is 0 Å². The van der Waals surface area contributed by atoms with E-state index in [1.807, 2.05) is 18.2 Å². The molecule has 0 N–H and O–H groups in total. The van der Waals surface area contributed by atoms with Crippen LogP contribution in [-0.4, -0.2) is 12.3 Å². The van der Waals surface area contributed by atoms with Gasteiger partial charge in [-0.05, 0) is 43.5 Å². The molecule has 0 atom stereocenters. The predicted molar refractivity (Wildman–Crippen MR) is 85.2 cm³/mol. The van der Waals surface area contributed by atoms with Crippen LogP contribution in [0.1, 0.15) is 29.1 Å². The Morgan fingerprint density at radius 1 is 1.37 bits per heavy atom. The van der Waals surface area contributed by atoms with Crippen molar-refractivity contribution in [2.24, 2.45) is 0 Å². The number of thiophene rings is 1. The van der Waals surface area contributed by atoms with Gasteiger partial charge >= 0.3 is 0 Å². The first-order chi connectivity index (χ1) is 9.11. The molecule has 0 bridgehead atoms. The second-order valence-corrected chi connectivity index (χ2v) is 6.57. The van der Waals surface area contributed by atoms with Gasteiger partial charge in [-0.2, -0.15) is 0 Å². The van der Waals surface area contributed by atoms with E-state index in [0.717, 1.165) is 28.6 Å². The summed E-state index contributed by atoms with van der Waals surface area (Å²) in [6.07, 6.45) is 0.921. The van der Waals surface area contributed by atoms with Gasteiger partial charge in [0.2, 0.25) is 0 Å². The number of hydrogen-bond acceptors (Lipinski definition) is 3. The Hall–Kier alpha value is -1.13. The molecule has 0 aliphatic rings. The molecule has 2 aromatic rings. The molecule has 4 heteroatoms. The van der Waals surface area contributed by atoms with Crippen molar-refractivity contribution in [1.29, 1.82) is 0 Å². The number of carbonyl (C=O) groups excluding carboxylic acids is 1. The van der Waals surface area contributed by atoms with Crippen LogP contribution >= 0.6 is 27.3 Å². The summed E-state index contributed by atoms with van der Waals surface area (Å²) in [4.78, 5) is 14.8. The molecule has 0 amide bonds. The highest BCUT2D eigenvalue weighted by Gasteiger charge is 2.15. The van der Waals surface area contributed by atoms with Crippen LogP contribution in [0.5, 0.6) is 0 Å². The highest BCUT2D eigenvalue weighted by Crippen LogP contribution is 2.27. The molecule has 0 aliphatic heterocycles. The fourth-order valence-corrected chi connectivity index (χ4v) is 3.08. The van der Waals surface area contributed by atoms with Gasteiger partial charge in [0.1, 0.15) is 0 Å². The molecule has 2 rings (SSSR count). The highest BCUT2D eigenvalue weighted by molar-refractivity contribution is 9.10. The third-order valence-electron chi connectivity index (χ3n) is 2.96. The fourth-order valence-electron chi connectivity index (χ4n) is 2.00. The zero-order chi connectivity index (χ0) is 13.8. The molecule has 0 saturated carbocycles. The molecule has 1 aromatic heterocycles. The third-order valence-corrected chi connectivity index (χ3v) is 4.31. The van der Waals surface area contributed by atoms with Gasteiger partial charge in [-0.25, -0.2) is 0 Å². The largest absolute Gasteiger partial charge is 0.363 e. The summed E-state index contributed by atoms with van der Waals surface area (Å²) in [6.45, 7) is 5.12. The van der Waals surface area contributed by atoms with Crippen molar-refractivity contribution in [3.63, 3.8) is 0 Å². The van der Waals surface area contributed by atoms with Gasteiger partial charge < -0.3 is 4.90 Å². The minimum Gasteiger partial charge on any atom is -0.363 e. The Balaban J connectivity index is 2.36. The number of carbonyl (C=O) groups is 1. The van der Waals surface area contributed by atoms with Crippen LogP contribution in [0.15, 0.2) is 40.2 Å². The highest BCUT2D eigenvalue weighted by atomic mass is 79.9. The van der Waals surface area contributed by atoms with E-state index in [2.05, 4.69) is 52.2 Å². The maximum atomic E-state index is 11.3. The molecular formula is C15H16BrNOS. The van der Waals surface area contributed by atoms with Crippen LogP contribution in [0.3, 0.4) is 0 Å². The van der Waals surface area contributed by atoms with E-state index in [1.165, 1.54) is 4.88 Å². The molecule has 0 fully saturated rings. The topological polar surface area (TPSA) is 20.3 Å². The normalized spacial score (nSPS) is 10.7. The summed E-state index contributed by atoms with van der Waals surface area (Å²) < 4.78 is 0.929. The lowest BCUT2D eigenvalue weighted by Gasteiger charge is -2.29. The summed E-state index contributed by atoms with van der Waals surface area (Å²) in [5.41, 5.74) is 1.71. The molecule has 1 aromatic carbocycles.